The summed E-state index contributed by atoms with van der Waals surface area (Å²) in [6.07, 6.45) is 4.71. The number of hydrogen-bond donors (Lipinski definition) is 2. The van der Waals surface area contributed by atoms with Crippen LogP contribution >= 0.6 is 0 Å². The predicted octanol–water partition coefficient (Wildman–Crippen LogP) is 3.41. The minimum Gasteiger partial charge on any atom is -0.349 e. The summed E-state index contributed by atoms with van der Waals surface area (Å²) in [7, 11) is -3.73. The highest BCUT2D eigenvalue weighted by Gasteiger charge is 2.40. The number of carbonyl (C=O) groups excluding carboxylic acids is 1. The van der Waals surface area contributed by atoms with Crippen molar-refractivity contribution in [3.05, 3.63) is 60.2 Å². The molecule has 6 heteroatoms. The van der Waals surface area contributed by atoms with Crippen LogP contribution in [0.25, 0.3) is 0 Å². The lowest BCUT2D eigenvalue weighted by molar-refractivity contribution is 0.0922. The third kappa shape index (κ3) is 3.46. The zero-order valence-corrected chi connectivity index (χ0v) is 15.2. The molecule has 2 N–H and O–H groups in total. The summed E-state index contributed by atoms with van der Waals surface area (Å²) >= 11 is 0. The van der Waals surface area contributed by atoms with Gasteiger partial charge in [-0.2, -0.15) is 0 Å². The molecule has 26 heavy (non-hydrogen) atoms. The number of carbonyl (C=O) groups is 1. The maximum absolute atomic E-state index is 12.6. The van der Waals surface area contributed by atoms with Gasteiger partial charge >= 0.3 is 0 Å². The standard InChI is InChI=1S/C20H22N2O3S/c23-20(21-19-12-14-9-10-15(19)11-14)16-5-4-8-18(13-16)26(24,25)22-17-6-2-1-3-7-17/h1-8,13-15,19,22H,9-12H2,(H,21,23)/t14-,15-,19-/m0/s1. The molecule has 2 aromatic rings. The van der Waals surface area contributed by atoms with Crippen LogP contribution in [0, 0.1) is 11.8 Å². The summed E-state index contributed by atoms with van der Waals surface area (Å²) < 4.78 is 27.7. The molecule has 136 valence electrons. The van der Waals surface area contributed by atoms with Gasteiger partial charge in [0.05, 0.1) is 4.90 Å². The average molecular weight is 370 g/mol. The summed E-state index contributed by atoms with van der Waals surface area (Å²) in [6, 6.07) is 15.1. The fourth-order valence-electron chi connectivity index (χ4n) is 4.20. The van der Waals surface area contributed by atoms with Gasteiger partial charge in [0.15, 0.2) is 0 Å². The molecule has 0 aromatic heterocycles. The first-order chi connectivity index (χ1) is 12.5. The van der Waals surface area contributed by atoms with E-state index in [4.69, 9.17) is 0 Å². The summed E-state index contributed by atoms with van der Waals surface area (Å²) in [5.74, 6) is 1.13. The van der Waals surface area contributed by atoms with Gasteiger partial charge in [-0.3, -0.25) is 9.52 Å². The molecule has 0 aliphatic heterocycles. The second kappa shape index (κ2) is 6.76. The Bertz CT molecular complexity index is 912. The number of para-hydroxylation sites is 1. The van der Waals surface area contributed by atoms with Crippen LogP contribution < -0.4 is 10.0 Å². The van der Waals surface area contributed by atoms with Gasteiger partial charge in [-0.05, 0) is 61.4 Å². The van der Waals surface area contributed by atoms with Gasteiger partial charge in [0.2, 0.25) is 0 Å². The summed E-state index contributed by atoms with van der Waals surface area (Å²) in [5.41, 5.74) is 0.869. The molecule has 5 nitrogen and oxygen atoms in total. The Morgan fingerprint density at radius 1 is 0.962 bits per heavy atom. The maximum Gasteiger partial charge on any atom is 0.261 e. The Hall–Kier alpha value is -2.34. The first kappa shape index (κ1) is 17.1. The molecule has 0 heterocycles. The van der Waals surface area contributed by atoms with E-state index < -0.39 is 10.0 Å². The number of fused-ring (bicyclic) bond motifs is 2. The van der Waals surface area contributed by atoms with Gasteiger partial charge in [0, 0.05) is 17.3 Å². The highest BCUT2D eigenvalue weighted by atomic mass is 32.2. The van der Waals surface area contributed by atoms with E-state index in [1.807, 2.05) is 6.07 Å². The lowest BCUT2D eigenvalue weighted by Gasteiger charge is -2.23. The highest BCUT2D eigenvalue weighted by Crippen LogP contribution is 2.44. The first-order valence-electron chi connectivity index (χ1n) is 9.00. The van der Waals surface area contributed by atoms with Gasteiger partial charge in [-0.15, -0.1) is 0 Å². The topological polar surface area (TPSA) is 75.3 Å². The van der Waals surface area contributed by atoms with Crippen LogP contribution in [0.1, 0.15) is 36.0 Å². The number of nitrogens with one attached hydrogen (secondary N) is 2. The third-order valence-electron chi connectivity index (χ3n) is 5.49. The Morgan fingerprint density at radius 2 is 1.77 bits per heavy atom. The first-order valence-corrected chi connectivity index (χ1v) is 10.5. The van der Waals surface area contributed by atoms with Crippen molar-refractivity contribution >= 4 is 21.6 Å². The molecule has 2 saturated carbocycles. The van der Waals surface area contributed by atoms with Crippen LogP contribution in [-0.2, 0) is 10.0 Å². The number of anilines is 1. The van der Waals surface area contributed by atoms with Crippen molar-refractivity contribution in [3.63, 3.8) is 0 Å². The summed E-state index contributed by atoms with van der Waals surface area (Å²) in [4.78, 5) is 12.7. The number of sulfonamides is 1. The quantitative estimate of drug-likeness (QED) is 0.847. The average Bonchev–Trinajstić information content (AvgIpc) is 3.25. The smallest absolute Gasteiger partial charge is 0.261 e. The molecule has 2 fully saturated rings. The lowest BCUT2D eigenvalue weighted by Crippen LogP contribution is -2.38. The summed E-state index contributed by atoms with van der Waals surface area (Å²) in [6.45, 7) is 0. The van der Waals surface area contributed by atoms with Gasteiger partial charge in [-0.25, -0.2) is 8.42 Å². The molecular weight excluding hydrogens is 348 g/mol. The van der Waals surface area contributed by atoms with Crippen molar-refractivity contribution in [2.24, 2.45) is 11.8 Å². The van der Waals surface area contributed by atoms with E-state index in [2.05, 4.69) is 10.0 Å². The highest BCUT2D eigenvalue weighted by molar-refractivity contribution is 7.92. The van der Waals surface area contributed by atoms with Crippen molar-refractivity contribution in [2.75, 3.05) is 4.72 Å². The van der Waals surface area contributed by atoms with Crippen LogP contribution in [0.15, 0.2) is 59.5 Å². The predicted molar refractivity (Wildman–Crippen MR) is 100 cm³/mol. The van der Waals surface area contributed by atoms with Crippen LogP contribution in [-0.4, -0.2) is 20.4 Å². The Kier molecular flexibility index (Phi) is 4.44. The van der Waals surface area contributed by atoms with Crippen molar-refractivity contribution in [1.82, 2.24) is 5.32 Å². The van der Waals surface area contributed by atoms with E-state index in [1.165, 1.54) is 31.4 Å². The molecule has 2 bridgehead atoms. The minimum atomic E-state index is -3.73. The molecule has 2 aromatic carbocycles. The number of benzene rings is 2. The number of hydrogen-bond acceptors (Lipinski definition) is 3. The van der Waals surface area contributed by atoms with Crippen molar-refractivity contribution in [1.29, 1.82) is 0 Å². The van der Waals surface area contributed by atoms with Crippen LogP contribution in [0.4, 0.5) is 5.69 Å². The molecule has 3 atom stereocenters. The minimum absolute atomic E-state index is 0.0851. The van der Waals surface area contributed by atoms with Crippen LogP contribution in [0.3, 0.4) is 0 Å². The van der Waals surface area contributed by atoms with E-state index in [0.717, 1.165) is 12.3 Å². The maximum atomic E-state index is 12.6. The van der Waals surface area contributed by atoms with E-state index in [-0.39, 0.29) is 16.8 Å². The fourth-order valence-corrected chi connectivity index (χ4v) is 5.30. The molecular formula is C20H22N2O3S. The zero-order valence-electron chi connectivity index (χ0n) is 14.4. The Labute approximate surface area is 153 Å². The van der Waals surface area contributed by atoms with Crippen molar-refractivity contribution in [2.45, 2.75) is 36.6 Å². The van der Waals surface area contributed by atoms with E-state index in [0.29, 0.717) is 17.2 Å². The lowest BCUT2D eigenvalue weighted by atomic mass is 9.95. The molecule has 0 unspecified atom stereocenters. The second-order valence-electron chi connectivity index (χ2n) is 7.25. The van der Waals surface area contributed by atoms with Gasteiger partial charge < -0.3 is 5.32 Å². The molecule has 1 amide bonds. The van der Waals surface area contributed by atoms with Crippen molar-refractivity contribution < 1.29 is 13.2 Å². The molecule has 0 radical (unpaired) electrons. The molecule has 0 saturated heterocycles. The van der Waals surface area contributed by atoms with Gasteiger partial charge in [0.25, 0.3) is 15.9 Å². The normalized spacial score (nSPS) is 24.4. The van der Waals surface area contributed by atoms with Gasteiger partial charge in [-0.1, -0.05) is 30.7 Å². The van der Waals surface area contributed by atoms with Crippen molar-refractivity contribution in [3.8, 4) is 0 Å². The number of rotatable bonds is 5. The second-order valence-corrected chi connectivity index (χ2v) is 8.94. The van der Waals surface area contributed by atoms with Crippen LogP contribution in [0.2, 0.25) is 0 Å². The van der Waals surface area contributed by atoms with Gasteiger partial charge in [0.1, 0.15) is 0 Å². The molecule has 0 spiro atoms. The monoisotopic (exact) mass is 370 g/mol. The molecule has 4 rings (SSSR count). The van der Waals surface area contributed by atoms with E-state index in [1.54, 1.807) is 36.4 Å². The fraction of sp³-hybridized carbons (Fsp3) is 0.350. The zero-order chi connectivity index (χ0) is 18.1. The Balaban J connectivity index is 1.50. The van der Waals surface area contributed by atoms with E-state index in [9.17, 15) is 13.2 Å². The molecule has 2 aliphatic carbocycles. The molecule has 2 aliphatic rings. The van der Waals surface area contributed by atoms with Crippen LogP contribution in [0.5, 0.6) is 0 Å². The SMILES string of the molecule is O=C(N[C@H]1C[C@H]2CC[C@H]1C2)c1cccc(S(=O)(=O)Nc2ccccc2)c1. The third-order valence-corrected chi connectivity index (χ3v) is 6.87. The largest absolute Gasteiger partial charge is 0.349 e. The number of amides is 1. The van der Waals surface area contributed by atoms with E-state index >= 15 is 0 Å². The summed E-state index contributed by atoms with van der Waals surface area (Å²) in [5, 5.41) is 3.10. The Morgan fingerprint density at radius 3 is 2.46 bits per heavy atom.